The Hall–Kier alpha value is -7.76. The van der Waals surface area contributed by atoms with Crippen molar-refractivity contribution in [3.05, 3.63) is 205 Å². The van der Waals surface area contributed by atoms with Gasteiger partial charge in [0, 0.05) is 43.6 Å². The summed E-state index contributed by atoms with van der Waals surface area (Å²) >= 11 is 0. The molecule has 12 rings (SSSR count). The van der Waals surface area contributed by atoms with Crippen molar-refractivity contribution in [2.24, 2.45) is 9.98 Å². The SMILES string of the molecule is C/C1=C(c2ccccc2)/N=C(n2c3ccccc3c3ccc4c5ccccc5n(-c5ccccc5)c4c32)\N=C(\c2ccc3c(c2)oc2cccc(-c4ccccc4)c23)CC1. The number of fused-ring (bicyclic) bond motifs is 10. The Morgan fingerprint density at radius 2 is 1.05 bits per heavy atom. The van der Waals surface area contributed by atoms with E-state index in [0.717, 1.165) is 101 Å². The van der Waals surface area contributed by atoms with Gasteiger partial charge in [-0.25, -0.2) is 9.98 Å². The molecule has 11 aromatic rings. The highest BCUT2D eigenvalue weighted by atomic mass is 16.3. The Balaban J connectivity index is 1.16. The monoisotopic (exact) mass is 770 g/mol. The predicted molar refractivity (Wildman–Crippen MR) is 251 cm³/mol. The first-order chi connectivity index (χ1) is 29.7. The zero-order valence-electron chi connectivity index (χ0n) is 33.0. The van der Waals surface area contributed by atoms with E-state index in [2.05, 4.69) is 204 Å². The summed E-state index contributed by atoms with van der Waals surface area (Å²) in [7, 11) is 0. The van der Waals surface area contributed by atoms with Crippen molar-refractivity contribution in [3.8, 4) is 16.8 Å². The maximum absolute atomic E-state index is 6.64. The van der Waals surface area contributed by atoms with Crippen molar-refractivity contribution in [3.63, 3.8) is 0 Å². The Kier molecular flexibility index (Phi) is 7.82. The highest BCUT2D eigenvalue weighted by Gasteiger charge is 2.25. The van der Waals surface area contributed by atoms with Gasteiger partial charge in [-0.3, -0.25) is 4.57 Å². The van der Waals surface area contributed by atoms with Gasteiger partial charge in [0.2, 0.25) is 5.96 Å². The second-order valence-corrected chi connectivity index (χ2v) is 15.7. The third-order valence-corrected chi connectivity index (χ3v) is 12.2. The molecular formula is C55H38N4O. The van der Waals surface area contributed by atoms with Gasteiger partial charge in [-0.15, -0.1) is 0 Å². The number of aromatic nitrogens is 2. The van der Waals surface area contributed by atoms with Crippen molar-refractivity contribution in [2.45, 2.75) is 19.8 Å². The number of nitrogens with zero attached hydrogens (tertiary/aromatic N) is 4. The van der Waals surface area contributed by atoms with Gasteiger partial charge in [0.25, 0.3) is 0 Å². The summed E-state index contributed by atoms with van der Waals surface area (Å²) in [5, 5.41) is 6.91. The molecule has 284 valence electrons. The van der Waals surface area contributed by atoms with Crippen molar-refractivity contribution < 1.29 is 4.42 Å². The lowest BCUT2D eigenvalue weighted by Gasteiger charge is -2.18. The fourth-order valence-corrected chi connectivity index (χ4v) is 9.45. The van der Waals surface area contributed by atoms with Crippen LogP contribution in [0.2, 0.25) is 0 Å². The molecule has 60 heavy (non-hydrogen) atoms. The van der Waals surface area contributed by atoms with Gasteiger partial charge in [-0.05, 0) is 84.5 Å². The van der Waals surface area contributed by atoms with Crippen molar-refractivity contribution in [2.75, 3.05) is 0 Å². The molecule has 0 amide bonds. The number of furan rings is 1. The van der Waals surface area contributed by atoms with Crippen LogP contribution in [0.3, 0.4) is 0 Å². The van der Waals surface area contributed by atoms with E-state index in [4.69, 9.17) is 14.4 Å². The summed E-state index contributed by atoms with van der Waals surface area (Å²) in [6, 6.07) is 66.7. The number of hydrogen-bond donors (Lipinski definition) is 0. The number of hydrogen-bond acceptors (Lipinski definition) is 3. The zero-order chi connectivity index (χ0) is 39.7. The topological polar surface area (TPSA) is 47.7 Å². The standard InChI is InChI=1S/C55H38N4O/c1-35-28-33-46(38-29-30-45-50(34-38)60-49-27-15-24-40(51(45)49)36-16-5-2-6-17-36)56-55(57-52(35)37-18-7-3-8-19-37)59-48-26-14-12-23-42(48)44-32-31-43-41-22-11-13-25-47(41)58(53(43)54(44)59)39-20-9-4-10-21-39/h2-27,29-32,34H,28,33H2,1H3/b52-35-,56-46+,57-55+. The van der Waals surface area contributed by atoms with Gasteiger partial charge in [0.05, 0.1) is 33.5 Å². The fourth-order valence-electron chi connectivity index (χ4n) is 9.45. The van der Waals surface area contributed by atoms with Crippen LogP contribution in [-0.4, -0.2) is 20.8 Å². The summed E-state index contributed by atoms with van der Waals surface area (Å²) < 4.78 is 11.4. The van der Waals surface area contributed by atoms with Crippen LogP contribution in [0.15, 0.2) is 208 Å². The molecule has 0 bridgehead atoms. The molecule has 0 N–H and O–H groups in total. The Morgan fingerprint density at radius 1 is 0.450 bits per heavy atom. The number of para-hydroxylation sites is 3. The lowest BCUT2D eigenvalue weighted by molar-refractivity contribution is 0.669. The van der Waals surface area contributed by atoms with E-state index >= 15 is 0 Å². The summed E-state index contributed by atoms with van der Waals surface area (Å²) in [4.78, 5) is 11.3. The van der Waals surface area contributed by atoms with Crippen molar-refractivity contribution >= 4 is 82.9 Å². The zero-order valence-corrected chi connectivity index (χ0v) is 33.0. The van der Waals surface area contributed by atoms with Gasteiger partial charge < -0.3 is 8.98 Å². The molecular weight excluding hydrogens is 733 g/mol. The first kappa shape index (κ1) is 34.3. The lowest BCUT2D eigenvalue weighted by atomic mass is 9.96. The predicted octanol–water partition coefficient (Wildman–Crippen LogP) is 14.4. The number of rotatable bonds is 4. The summed E-state index contributed by atoms with van der Waals surface area (Å²) in [5.74, 6) is 0.627. The smallest absolute Gasteiger partial charge is 0.235 e. The summed E-state index contributed by atoms with van der Waals surface area (Å²) in [6.45, 7) is 2.22. The van der Waals surface area contributed by atoms with Crippen LogP contribution in [-0.2, 0) is 0 Å². The molecule has 0 atom stereocenters. The quantitative estimate of drug-likeness (QED) is 0.176. The number of benzene rings is 8. The average molecular weight is 771 g/mol. The molecule has 3 aromatic heterocycles. The third kappa shape index (κ3) is 5.33. The highest BCUT2D eigenvalue weighted by Crippen LogP contribution is 2.42. The van der Waals surface area contributed by atoms with Crippen LogP contribution < -0.4 is 0 Å². The van der Waals surface area contributed by atoms with Crippen LogP contribution in [0, 0.1) is 0 Å². The summed E-state index contributed by atoms with van der Waals surface area (Å²) in [6.07, 6.45) is 1.55. The Bertz CT molecular complexity index is 3580. The molecule has 1 aliphatic rings. The minimum absolute atomic E-state index is 0.627. The van der Waals surface area contributed by atoms with Crippen LogP contribution in [0.25, 0.3) is 88.1 Å². The van der Waals surface area contributed by atoms with Crippen LogP contribution >= 0.6 is 0 Å². The first-order valence-corrected chi connectivity index (χ1v) is 20.6. The first-order valence-electron chi connectivity index (χ1n) is 20.6. The molecule has 0 radical (unpaired) electrons. The Morgan fingerprint density at radius 3 is 1.77 bits per heavy atom. The largest absolute Gasteiger partial charge is 0.456 e. The molecule has 0 spiro atoms. The highest BCUT2D eigenvalue weighted by molar-refractivity contribution is 6.27. The van der Waals surface area contributed by atoms with E-state index in [1.807, 2.05) is 0 Å². The van der Waals surface area contributed by atoms with Gasteiger partial charge in [0.1, 0.15) is 11.2 Å². The van der Waals surface area contributed by atoms with Gasteiger partial charge in [0.15, 0.2) is 0 Å². The normalized spacial score (nSPS) is 16.7. The van der Waals surface area contributed by atoms with Crippen LogP contribution in [0.5, 0.6) is 0 Å². The summed E-state index contributed by atoms with van der Waals surface area (Å²) in [5.41, 5.74) is 14.8. The third-order valence-electron chi connectivity index (χ3n) is 12.2. The molecule has 0 aliphatic carbocycles. The minimum Gasteiger partial charge on any atom is -0.456 e. The van der Waals surface area contributed by atoms with E-state index in [1.54, 1.807) is 0 Å². The molecule has 5 nitrogen and oxygen atoms in total. The van der Waals surface area contributed by atoms with E-state index < -0.39 is 0 Å². The van der Waals surface area contributed by atoms with E-state index in [1.165, 1.54) is 21.9 Å². The molecule has 0 unspecified atom stereocenters. The van der Waals surface area contributed by atoms with E-state index in [9.17, 15) is 0 Å². The van der Waals surface area contributed by atoms with Crippen molar-refractivity contribution in [1.29, 1.82) is 0 Å². The average Bonchev–Trinajstić information content (AvgIpc) is 3.96. The minimum atomic E-state index is 0.627. The van der Waals surface area contributed by atoms with Crippen molar-refractivity contribution in [1.82, 2.24) is 9.13 Å². The molecule has 4 heterocycles. The molecule has 8 aromatic carbocycles. The van der Waals surface area contributed by atoms with E-state index in [0.29, 0.717) is 5.96 Å². The van der Waals surface area contributed by atoms with Crippen LogP contribution in [0.4, 0.5) is 0 Å². The number of aliphatic imine (C=N–C) groups is 2. The van der Waals surface area contributed by atoms with Gasteiger partial charge >= 0.3 is 0 Å². The second kappa shape index (κ2) is 13.7. The molecule has 1 aliphatic heterocycles. The second-order valence-electron chi connectivity index (χ2n) is 15.7. The van der Waals surface area contributed by atoms with Gasteiger partial charge in [-0.2, -0.15) is 0 Å². The molecule has 0 saturated heterocycles. The fraction of sp³-hybridized carbons (Fsp3) is 0.0545. The molecule has 0 saturated carbocycles. The van der Waals surface area contributed by atoms with E-state index in [-0.39, 0.29) is 0 Å². The molecule has 5 heteroatoms. The molecule has 0 fully saturated rings. The maximum Gasteiger partial charge on any atom is 0.235 e. The maximum atomic E-state index is 6.64. The van der Waals surface area contributed by atoms with Crippen LogP contribution in [0.1, 0.15) is 30.9 Å². The number of allylic oxidation sites excluding steroid dienone is 1. The Labute approximate surface area is 346 Å². The van der Waals surface area contributed by atoms with Gasteiger partial charge in [-0.1, -0.05) is 146 Å². The lowest BCUT2D eigenvalue weighted by Crippen LogP contribution is -2.16.